The summed E-state index contributed by atoms with van der Waals surface area (Å²) in [5, 5.41) is 1.98. The van der Waals surface area contributed by atoms with Gasteiger partial charge in [0.15, 0.2) is 0 Å². The molecule has 1 amide bonds. The Bertz CT molecular complexity index is 787. The zero-order valence-electron chi connectivity index (χ0n) is 14.5. The van der Waals surface area contributed by atoms with Crippen molar-refractivity contribution in [3.63, 3.8) is 0 Å². The summed E-state index contributed by atoms with van der Waals surface area (Å²) in [5.74, 6) is -0.697. The monoisotopic (exact) mass is 383 g/mol. The third kappa shape index (κ3) is 3.78. The summed E-state index contributed by atoms with van der Waals surface area (Å²) in [6.45, 7) is 2.23. The van der Waals surface area contributed by atoms with Crippen LogP contribution in [0.25, 0.3) is 0 Å². The van der Waals surface area contributed by atoms with E-state index in [1.807, 2.05) is 11.4 Å². The lowest BCUT2D eigenvalue weighted by Crippen LogP contribution is -2.36. The van der Waals surface area contributed by atoms with Crippen molar-refractivity contribution in [2.24, 2.45) is 5.92 Å². The Kier molecular flexibility index (Phi) is 5.39. The van der Waals surface area contributed by atoms with Crippen molar-refractivity contribution in [1.82, 2.24) is 4.90 Å². The van der Waals surface area contributed by atoms with E-state index in [0.29, 0.717) is 6.61 Å². The van der Waals surface area contributed by atoms with Crippen LogP contribution in [-0.4, -0.2) is 24.5 Å². The van der Waals surface area contributed by atoms with E-state index in [1.54, 1.807) is 24.3 Å². The van der Waals surface area contributed by atoms with Gasteiger partial charge in [-0.1, -0.05) is 25.1 Å². The molecule has 0 radical (unpaired) electrons. The van der Waals surface area contributed by atoms with E-state index in [-0.39, 0.29) is 24.1 Å². The predicted molar refractivity (Wildman–Crippen MR) is 93.8 cm³/mol. The van der Waals surface area contributed by atoms with Crippen LogP contribution in [0.2, 0.25) is 0 Å². The highest BCUT2D eigenvalue weighted by Crippen LogP contribution is 2.37. The minimum atomic E-state index is -4.44. The Morgan fingerprint density at radius 1 is 1.35 bits per heavy atom. The van der Waals surface area contributed by atoms with E-state index < -0.39 is 17.7 Å². The first-order valence-electron chi connectivity index (χ1n) is 8.37. The molecule has 0 fully saturated rings. The van der Waals surface area contributed by atoms with Crippen molar-refractivity contribution in [2.45, 2.75) is 32.2 Å². The smallest absolute Gasteiger partial charge is 0.372 e. The molecule has 7 heteroatoms. The van der Waals surface area contributed by atoms with Gasteiger partial charge in [-0.15, -0.1) is 11.3 Å². The number of carbonyl (C=O) groups excluding carboxylic acids is 1. The molecule has 2 atom stereocenters. The van der Waals surface area contributed by atoms with Crippen molar-refractivity contribution < 1.29 is 22.7 Å². The number of halogens is 3. The molecular weight excluding hydrogens is 363 g/mol. The maximum Gasteiger partial charge on any atom is 0.416 e. The topological polar surface area (TPSA) is 29.5 Å². The van der Waals surface area contributed by atoms with Gasteiger partial charge in [0.1, 0.15) is 0 Å². The number of fused-ring (bicyclic) bond motifs is 1. The summed E-state index contributed by atoms with van der Waals surface area (Å²) < 4.78 is 45.3. The van der Waals surface area contributed by atoms with Crippen LogP contribution in [0, 0.1) is 5.92 Å². The molecule has 3 rings (SSSR count). The second-order valence-corrected chi connectivity index (χ2v) is 7.48. The zero-order valence-corrected chi connectivity index (χ0v) is 15.4. The van der Waals surface area contributed by atoms with Crippen molar-refractivity contribution in [3.8, 4) is 0 Å². The van der Waals surface area contributed by atoms with Gasteiger partial charge in [-0.3, -0.25) is 4.79 Å². The molecule has 26 heavy (non-hydrogen) atoms. The molecule has 0 saturated carbocycles. The molecule has 0 aliphatic carbocycles. The second kappa shape index (κ2) is 7.40. The van der Waals surface area contributed by atoms with Gasteiger partial charge < -0.3 is 9.64 Å². The Labute approximate surface area is 154 Å². The Morgan fingerprint density at radius 2 is 2.08 bits per heavy atom. The summed E-state index contributed by atoms with van der Waals surface area (Å²) in [5.41, 5.74) is 0.399. The van der Waals surface area contributed by atoms with Gasteiger partial charge in [0.05, 0.1) is 24.2 Å². The highest BCUT2D eigenvalue weighted by atomic mass is 32.1. The predicted octanol–water partition coefficient (Wildman–Crippen LogP) is 4.68. The quantitative estimate of drug-likeness (QED) is 0.768. The maximum absolute atomic E-state index is 13.2. The molecule has 0 saturated heterocycles. The first kappa shape index (κ1) is 18.9. The maximum atomic E-state index is 13.2. The van der Waals surface area contributed by atoms with E-state index in [9.17, 15) is 18.0 Å². The number of ether oxygens (including phenoxy) is 1. The number of amides is 1. The summed E-state index contributed by atoms with van der Waals surface area (Å²) in [4.78, 5) is 15.4. The number of rotatable bonds is 4. The molecule has 3 nitrogen and oxygen atoms in total. The van der Waals surface area contributed by atoms with Crippen molar-refractivity contribution >= 4 is 17.2 Å². The molecular formula is C19H20F3NO2S. The minimum absolute atomic E-state index is 0.0869. The van der Waals surface area contributed by atoms with E-state index in [4.69, 9.17) is 4.74 Å². The van der Waals surface area contributed by atoms with Crippen LogP contribution in [0.5, 0.6) is 0 Å². The average Bonchev–Trinajstić information content (AvgIpc) is 3.08. The fraction of sp³-hybridized carbons (Fsp3) is 0.421. The van der Waals surface area contributed by atoms with Gasteiger partial charge in [-0.25, -0.2) is 0 Å². The van der Waals surface area contributed by atoms with Gasteiger partial charge in [0, 0.05) is 24.9 Å². The third-order valence-corrected chi connectivity index (χ3v) is 5.66. The summed E-state index contributed by atoms with van der Waals surface area (Å²) in [6.07, 6.45) is -3.96. The highest BCUT2D eigenvalue weighted by molar-refractivity contribution is 7.10. The average molecular weight is 383 g/mol. The van der Waals surface area contributed by atoms with Crippen LogP contribution in [-0.2, 0) is 28.7 Å². The first-order chi connectivity index (χ1) is 12.3. The molecule has 2 aromatic rings. The van der Waals surface area contributed by atoms with Gasteiger partial charge in [-0.2, -0.15) is 13.2 Å². The van der Waals surface area contributed by atoms with E-state index in [1.165, 1.54) is 29.0 Å². The molecule has 0 N–H and O–H groups in total. The Hall–Kier alpha value is -1.86. The third-order valence-electron chi connectivity index (χ3n) is 4.66. The lowest BCUT2D eigenvalue weighted by atomic mass is 9.94. The van der Waals surface area contributed by atoms with E-state index in [0.717, 1.165) is 18.1 Å². The minimum Gasteiger partial charge on any atom is -0.372 e. The van der Waals surface area contributed by atoms with Crippen LogP contribution in [0.4, 0.5) is 13.2 Å². The molecule has 0 bridgehead atoms. The van der Waals surface area contributed by atoms with E-state index in [2.05, 4.69) is 0 Å². The van der Waals surface area contributed by atoms with Crippen LogP contribution in [0.15, 0.2) is 35.7 Å². The van der Waals surface area contributed by atoms with Crippen molar-refractivity contribution in [3.05, 3.63) is 57.3 Å². The van der Waals surface area contributed by atoms with Crippen molar-refractivity contribution in [1.29, 1.82) is 0 Å². The van der Waals surface area contributed by atoms with Crippen LogP contribution in [0.3, 0.4) is 0 Å². The van der Waals surface area contributed by atoms with Crippen LogP contribution in [0.1, 0.15) is 34.6 Å². The normalized spacial score (nSPS) is 18.3. The largest absolute Gasteiger partial charge is 0.416 e. The number of thiophene rings is 1. The van der Waals surface area contributed by atoms with Crippen LogP contribution >= 0.6 is 11.3 Å². The summed E-state index contributed by atoms with van der Waals surface area (Å²) in [6, 6.07) is 7.32. The first-order valence-corrected chi connectivity index (χ1v) is 9.25. The number of nitrogens with zero attached hydrogens (tertiary/aromatic N) is 1. The Morgan fingerprint density at radius 3 is 2.81 bits per heavy atom. The van der Waals surface area contributed by atoms with Gasteiger partial charge in [0.2, 0.25) is 5.91 Å². The second-order valence-electron chi connectivity index (χ2n) is 6.48. The number of carbonyl (C=O) groups is 1. The molecule has 0 spiro atoms. The van der Waals surface area contributed by atoms with Gasteiger partial charge in [0.25, 0.3) is 0 Å². The molecule has 1 aliphatic rings. The van der Waals surface area contributed by atoms with E-state index >= 15 is 0 Å². The summed E-state index contributed by atoms with van der Waals surface area (Å²) in [7, 11) is 1.53. The molecule has 1 aliphatic heterocycles. The molecule has 2 unspecified atom stereocenters. The fourth-order valence-electron chi connectivity index (χ4n) is 3.33. The highest BCUT2D eigenvalue weighted by Gasteiger charge is 2.35. The molecule has 2 heterocycles. The summed E-state index contributed by atoms with van der Waals surface area (Å²) >= 11 is 1.64. The van der Waals surface area contributed by atoms with Gasteiger partial charge in [-0.05, 0) is 28.6 Å². The molecule has 140 valence electrons. The molecule has 1 aromatic carbocycles. The number of alkyl halides is 3. The van der Waals surface area contributed by atoms with Crippen molar-refractivity contribution in [2.75, 3.05) is 13.7 Å². The zero-order chi connectivity index (χ0) is 18.9. The standard InChI is InChI=1S/C19H20F3NO2S/c1-12(17-14-8-10-26-16(14)7-9-25-17)18(24)23(2)11-13-5-3-4-6-15(13)19(20,21)22/h3-6,8,10,12,17H,7,9,11H2,1-2H3. The lowest BCUT2D eigenvalue weighted by Gasteiger charge is -2.31. The number of benzene rings is 1. The Balaban J connectivity index is 1.75. The SMILES string of the molecule is CC(C(=O)N(C)Cc1ccccc1C(F)(F)F)C1OCCc2sccc21. The van der Waals surface area contributed by atoms with Crippen LogP contribution < -0.4 is 0 Å². The molecule has 1 aromatic heterocycles. The number of hydrogen-bond donors (Lipinski definition) is 0. The fourth-order valence-corrected chi connectivity index (χ4v) is 4.23. The van der Waals surface area contributed by atoms with Gasteiger partial charge >= 0.3 is 6.18 Å². The number of hydrogen-bond acceptors (Lipinski definition) is 3. The lowest BCUT2D eigenvalue weighted by molar-refractivity contribution is -0.143.